The van der Waals surface area contributed by atoms with Gasteiger partial charge in [-0.05, 0) is 31.2 Å². The highest BCUT2D eigenvalue weighted by atomic mass is 31.2. The van der Waals surface area contributed by atoms with Crippen molar-refractivity contribution in [3.05, 3.63) is 90.5 Å². The molecule has 0 saturated heterocycles. The molecule has 4 rings (SSSR count). The van der Waals surface area contributed by atoms with Crippen LogP contribution in [0.2, 0.25) is 0 Å². The molecule has 26 heavy (non-hydrogen) atoms. The van der Waals surface area contributed by atoms with Crippen molar-refractivity contribution in [3.63, 3.8) is 0 Å². The topological polar surface area (TPSA) is 41.9 Å². The first-order valence-corrected chi connectivity index (χ1v) is 10.2. The molecule has 0 aromatic heterocycles. The molecule has 3 aromatic rings. The van der Waals surface area contributed by atoms with E-state index in [0.29, 0.717) is 17.4 Å². The second-order valence-corrected chi connectivity index (χ2v) is 8.16. The lowest BCUT2D eigenvalue weighted by atomic mass is 10.2. The lowest BCUT2D eigenvalue weighted by molar-refractivity contribution is 0.349. The average Bonchev–Trinajstić information content (AvgIpc) is 2.70. The van der Waals surface area contributed by atoms with Crippen LogP contribution in [0.4, 0.5) is 11.4 Å². The van der Waals surface area contributed by atoms with Crippen LogP contribution in [0.5, 0.6) is 0 Å². The second-order valence-electron chi connectivity index (χ2n) is 5.89. The number of hydrazone groups is 1. The minimum Gasteiger partial charge on any atom is -0.321 e. The molecule has 3 aromatic carbocycles. The summed E-state index contributed by atoms with van der Waals surface area (Å²) >= 11 is 0. The Hall–Kier alpha value is -2.68. The molecule has 0 N–H and O–H groups in total. The van der Waals surface area contributed by atoms with E-state index in [2.05, 4.69) is 0 Å². The van der Waals surface area contributed by atoms with Gasteiger partial charge in [0.25, 0.3) is 7.37 Å². The fourth-order valence-corrected chi connectivity index (χ4v) is 5.41. The molecular weight excluding hydrogens is 343 g/mol. The van der Waals surface area contributed by atoms with Crippen LogP contribution >= 0.6 is 7.37 Å². The predicted octanol–water partition coefficient (Wildman–Crippen LogP) is 5.14. The normalized spacial score (nSPS) is 19.0. The maximum atomic E-state index is 14.0. The Morgan fingerprint density at radius 2 is 1.50 bits per heavy atom. The van der Waals surface area contributed by atoms with E-state index < -0.39 is 7.37 Å². The minimum absolute atomic E-state index is 0.350. The zero-order chi connectivity index (χ0) is 18.0. The van der Waals surface area contributed by atoms with Gasteiger partial charge in [0.05, 0.1) is 23.3 Å². The van der Waals surface area contributed by atoms with Gasteiger partial charge in [-0.15, -0.1) is 0 Å². The molecule has 0 radical (unpaired) electrons. The van der Waals surface area contributed by atoms with Crippen LogP contribution in [0.25, 0.3) is 0 Å². The lowest BCUT2D eigenvalue weighted by Crippen LogP contribution is -2.30. The molecule has 1 heterocycles. The molecule has 1 unspecified atom stereocenters. The molecule has 0 spiro atoms. The third-order valence-electron chi connectivity index (χ3n) is 4.24. The van der Waals surface area contributed by atoms with Crippen LogP contribution in [-0.2, 0) is 9.09 Å². The van der Waals surface area contributed by atoms with Crippen LogP contribution in [0.15, 0.2) is 90.0 Å². The summed E-state index contributed by atoms with van der Waals surface area (Å²) in [5, 5.41) is 7.32. The fourth-order valence-electron chi connectivity index (χ4n) is 3.11. The van der Waals surface area contributed by atoms with E-state index in [9.17, 15) is 4.57 Å². The van der Waals surface area contributed by atoms with Gasteiger partial charge in [0, 0.05) is 5.56 Å². The van der Waals surface area contributed by atoms with Gasteiger partial charge in [-0.2, -0.15) is 5.10 Å². The maximum absolute atomic E-state index is 14.0. The molecule has 0 amide bonds. The summed E-state index contributed by atoms with van der Waals surface area (Å²) < 4.78 is 19.8. The van der Waals surface area contributed by atoms with E-state index >= 15 is 0 Å². The van der Waals surface area contributed by atoms with Crippen molar-refractivity contribution < 1.29 is 9.09 Å². The van der Waals surface area contributed by atoms with E-state index in [1.807, 2.05) is 96.9 Å². The Morgan fingerprint density at radius 1 is 0.885 bits per heavy atom. The molecule has 0 bridgehead atoms. The first kappa shape index (κ1) is 16.8. The molecule has 5 heteroatoms. The zero-order valence-electron chi connectivity index (χ0n) is 14.4. The highest BCUT2D eigenvalue weighted by Crippen LogP contribution is 2.55. The largest absolute Gasteiger partial charge is 0.321 e. The number of benzene rings is 3. The highest BCUT2D eigenvalue weighted by Gasteiger charge is 2.41. The molecule has 1 aliphatic heterocycles. The molecule has 0 aliphatic carbocycles. The van der Waals surface area contributed by atoms with Gasteiger partial charge in [0.2, 0.25) is 0 Å². The third-order valence-corrected chi connectivity index (χ3v) is 6.78. The standard InChI is InChI=1S/C21H19N2O2P/c1-2-25-26(24)20-16-10-9-15-19(20)23(18-13-7-4-8-14-18)22-21(26)17-11-5-3-6-12-17/h3-16H,2H2,1H3. The summed E-state index contributed by atoms with van der Waals surface area (Å²) in [6.45, 7) is 2.21. The van der Waals surface area contributed by atoms with Gasteiger partial charge in [-0.1, -0.05) is 60.7 Å². The molecule has 0 fully saturated rings. The fraction of sp³-hybridized carbons (Fsp3) is 0.0952. The molecule has 0 saturated carbocycles. The Kier molecular flexibility index (Phi) is 4.46. The summed E-state index contributed by atoms with van der Waals surface area (Å²) in [5.41, 5.74) is 2.98. The summed E-state index contributed by atoms with van der Waals surface area (Å²) in [6, 6.07) is 27.1. The van der Waals surface area contributed by atoms with Crippen molar-refractivity contribution in [1.29, 1.82) is 0 Å². The third kappa shape index (κ3) is 2.78. The van der Waals surface area contributed by atoms with Crippen LogP contribution in [0.3, 0.4) is 0 Å². The van der Waals surface area contributed by atoms with Crippen LogP contribution < -0.4 is 10.3 Å². The summed E-state index contributed by atoms with van der Waals surface area (Å²) in [4.78, 5) is 0. The molecule has 1 atom stereocenters. The van der Waals surface area contributed by atoms with Gasteiger partial charge in [-0.3, -0.25) is 4.57 Å². The number of fused-ring (bicyclic) bond motifs is 1. The summed E-state index contributed by atoms with van der Waals surface area (Å²) in [6.07, 6.45) is 0. The molecule has 130 valence electrons. The Morgan fingerprint density at radius 3 is 2.19 bits per heavy atom. The lowest BCUT2D eigenvalue weighted by Gasteiger charge is -2.32. The summed E-state index contributed by atoms with van der Waals surface area (Å²) in [5.74, 6) is 0. The number of nitrogens with zero attached hydrogens (tertiary/aromatic N) is 2. The van der Waals surface area contributed by atoms with Crippen molar-refractivity contribution in [1.82, 2.24) is 0 Å². The first-order valence-electron chi connectivity index (χ1n) is 8.58. The van der Waals surface area contributed by atoms with Crippen molar-refractivity contribution in [2.75, 3.05) is 11.6 Å². The van der Waals surface area contributed by atoms with E-state index in [-0.39, 0.29) is 0 Å². The van der Waals surface area contributed by atoms with E-state index in [0.717, 1.165) is 16.9 Å². The predicted molar refractivity (Wildman–Crippen MR) is 107 cm³/mol. The maximum Gasteiger partial charge on any atom is 0.283 e. The average molecular weight is 362 g/mol. The highest BCUT2D eigenvalue weighted by molar-refractivity contribution is 7.84. The van der Waals surface area contributed by atoms with Crippen molar-refractivity contribution in [3.8, 4) is 0 Å². The van der Waals surface area contributed by atoms with Gasteiger partial charge in [-0.25, -0.2) is 5.01 Å². The Bertz CT molecular complexity index is 987. The zero-order valence-corrected chi connectivity index (χ0v) is 15.3. The number of hydrogen-bond acceptors (Lipinski definition) is 4. The number of para-hydroxylation sites is 2. The molecule has 4 nitrogen and oxygen atoms in total. The van der Waals surface area contributed by atoms with E-state index in [1.54, 1.807) is 0 Å². The summed E-state index contributed by atoms with van der Waals surface area (Å²) in [7, 11) is -3.28. The van der Waals surface area contributed by atoms with E-state index in [1.165, 1.54) is 0 Å². The number of hydrogen-bond donors (Lipinski definition) is 0. The van der Waals surface area contributed by atoms with Gasteiger partial charge < -0.3 is 4.52 Å². The smallest absolute Gasteiger partial charge is 0.283 e. The van der Waals surface area contributed by atoms with Crippen molar-refractivity contribution in [2.45, 2.75) is 6.92 Å². The van der Waals surface area contributed by atoms with Gasteiger partial charge >= 0.3 is 0 Å². The monoisotopic (exact) mass is 362 g/mol. The van der Waals surface area contributed by atoms with Gasteiger partial charge in [0.1, 0.15) is 0 Å². The number of anilines is 2. The second kappa shape index (κ2) is 6.91. The SMILES string of the molecule is CCOP1(=O)C(c2ccccc2)=NN(c2ccccc2)c2ccccc21. The molecule has 1 aliphatic rings. The van der Waals surface area contributed by atoms with Crippen LogP contribution in [0, 0.1) is 0 Å². The Balaban J connectivity index is 1.99. The van der Waals surface area contributed by atoms with Crippen LogP contribution in [-0.4, -0.2) is 12.1 Å². The van der Waals surface area contributed by atoms with Crippen molar-refractivity contribution in [2.24, 2.45) is 5.10 Å². The quantitative estimate of drug-likeness (QED) is 0.604. The van der Waals surface area contributed by atoms with E-state index in [4.69, 9.17) is 9.63 Å². The number of rotatable bonds is 4. The minimum atomic E-state index is -3.28. The van der Waals surface area contributed by atoms with Crippen LogP contribution in [0.1, 0.15) is 12.5 Å². The molecular formula is C21H19N2O2P. The Labute approximate surface area is 153 Å². The first-order chi connectivity index (χ1) is 12.7. The van der Waals surface area contributed by atoms with Crippen molar-refractivity contribution >= 4 is 29.5 Å². The van der Waals surface area contributed by atoms with Gasteiger partial charge in [0.15, 0.2) is 5.45 Å².